The van der Waals surface area contributed by atoms with Crippen molar-refractivity contribution in [1.29, 1.82) is 0 Å². The number of nitrogens with zero attached hydrogens (tertiary/aromatic N) is 2. The summed E-state index contributed by atoms with van der Waals surface area (Å²) in [5.74, 6) is 0.521. The van der Waals surface area contributed by atoms with E-state index >= 15 is 0 Å². The zero-order chi connectivity index (χ0) is 18.8. The minimum Gasteiger partial charge on any atom is -0.497 e. The Morgan fingerprint density at radius 3 is 2.48 bits per heavy atom. The van der Waals surface area contributed by atoms with Crippen LogP contribution in [0.3, 0.4) is 0 Å². The minimum absolute atomic E-state index is 0.239. The van der Waals surface area contributed by atoms with E-state index in [-0.39, 0.29) is 5.56 Å². The standard InChI is InChI=1S/C20H15N3O3S/c1-26-15-8-4-12(5-9-15)16-10-27-19-17(16)18(21-11-22-19)23-14-6-2-13(3-7-14)20(24)25/h2-11H,1H3,(H,24,25)(H,21,22,23). The van der Waals surface area contributed by atoms with Crippen LogP contribution in [0.1, 0.15) is 10.4 Å². The van der Waals surface area contributed by atoms with Gasteiger partial charge in [-0.2, -0.15) is 0 Å². The number of nitrogens with one attached hydrogen (secondary N) is 1. The van der Waals surface area contributed by atoms with Gasteiger partial charge in [0.05, 0.1) is 18.1 Å². The Kier molecular flexibility index (Phi) is 4.43. The number of aromatic nitrogens is 2. The summed E-state index contributed by atoms with van der Waals surface area (Å²) in [5, 5.41) is 15.3. The maximum atomic E-state index is 11.0. The molecule has 7 heteroatoms. The van der Waals surface area contributed by atoms with Crippen LogP contribution in [-0.4, -0.2) is 28.2 Å². The summed E-state index contributed by atoms with van der Waals surface area (Å²) in [6.07, 6.45) is 1.52. The number of hydrogen-bond donors (Lipinski definition) is 2. The fourth-order valence-corrected chi connectivity index (χ4v) is 3.70. The highest BCUT2D eigenvalue weighted by Crippen LogP contribution is 2.37. The van der Waals surface area contributed by atoms with Crippen molar-refractivity contribution in [2.45, 2.75) is 0 Å². The monoisotopic (exact) mass is 377 g/mol. The summed E-state index contributed by atoms with van der Waals surface area (Å²) in [6, 6.07) is 14.4. The van der Waals surface area contributed by atoms with Gasteiger partial charge >= 0.3 is 5.97 Å². The molecule has 0 bridgehead atoms. The lowest BCUT2D eigenvalue weighted by molar-refractivity contribution is 0.0697. The third-order valence-corrected chi connectivity index (χ3v) is 5.05. The van der Waals surface area contributed by atoms with Gasteiger partial charge < -0.3 is 15.2 Å². The van der Waals surface area contributed by atoms with Gasteiger partial charge in [-0.1, -0.05) is 12.1 Å². The average Bonchev–Trinajstić information content (AvgIpc) is 3.14. The fourth-order valence-electron chi connectivity index (χ4n) is 2.79. The summed E-state index contributed by atoms with van der Waals surface area (Å²) < 4.78 is 5.23. The molecular weight excluding hydrogens is 362 g/mol. The van der Waals surface area contributed by atoms with Gasteiger partial charge in [-0.3, -0.25) is 0 Å². The third-order valence-electron chi connectivity index (χ3n) is 4.17. The van der Waals surface area contributed by atoms with E-state index in [0.717, 1.165) is 32.8 Å². The van der Waals surface area contributed by atoms with E-state index in [1.807, 2.05) is 24.3 Å². The normalized spacial score (nSPS) is 10.7. The fraction of sp³-hybridized carbons (Fsp3) is 0.0500. The molecule has 0 saturated heterocycles. The molecule has 0 aliphatic heterocycles. The number of fused-ring (bicyclic) bond motifs is 1. The van der Waals surface area contributed by atoms with Crippen molar-refractivity contribution in [3.63, 3.8) is 0 Å². The number of methoxy groups -OCH3 is 1. The minimum atomic E-state index is -0.953. The molecule has 4 aromatic rings. The van der Waals surface area contributed by atoms with E-state index in [1.54, 1.807) is 42.7 Å². The molecule has 2 aromatic heterocycles. The van der Waals surface area contributed by atoms with Crippen LogP contribution in [0.4, 0.5) is 11.5 Å². The molecule has 0 radical (unpaired) electrons. The van der Waals surface area contributed by atoms with Crippen LogP contribution < -0.4 is 10.1 Å². The Hall–Kier alpha value is -3.45. The Morgan fingerprint density at radius 2 is 1.81 bits per heavy atom. The number of carboxylic acid groups (broad SMARTS) is 1. The lowest BCUT2D eigenvalue weighted by Crippen LogP contribution is -1.98. The Bertz CT molecular complexity index is 1110. The topological polar surface area (TPSA) is 84.3 Å². The largest absolute Gasteiger partial charge is 0.497 e. The smallest absolute Gasteiger partial charge is 0.335 e. The van der Waals surface area contributed by atoms with Gasteiger partial charge in [-0.15, -0.1) is 11.3 Å². The van der Waals surface area contributed by atoms with Crippen molar-refractivity contribution < 1.29 is 14.6 Å². The quantitative estimate of drug-likeness (QED) is 0.519. The number of carboxylic acids is 1. The van der Waals surface area contributed by atoms with Gasteiger partial charge in [0.2, 0.25) is 0 Å². The summed E-state index contributed by atoms with van der Waals surface area (Å²) in [4.78, 5) is 20.6. The zero-order valence-corrected chi connectivity index (χ0v) is 15.2. The number of ether oxygens (including phenoxy) is 1. The highest BCUT2D eigenvalue weighted by atomic mass is 32.1. The Morgan fingerprint density at radius 1 is 1.07 bits per heavy atom. The lowest BCUT2D eigenvalue weighted by Gasteiger charge is -2.09. The number of carbonyl (C=O) groups is 1. The van der Waals surface area contributed by atoms with E-state index in [1.165, 1.54) is 6.33 Å². The second-order valence-corrected chi connectivity index (χ2v) is 6.65. The van der Waals surface area contributed by atoms with Crippen LogP contribution >= 0.6 is 11.3 Å². The summed E-state index contributed by atoms with van der Waals surface area (Å²) in [6.45, 7) is 0. The first kappa shape index (κ1) is 17.0. The molecule has 4 rings (SSSR count). The molecule has 0 aliphatic carbocycles. The first-order chi connectivity index (χ1) is 13.2. The highest BCUT2D eigenvalue weighted by molar-refractivity contribution is 7.17. The molecule has 2 heterocycles. The number of benzene rings is 2. The van der Waals surface area contributed by atoms with Crippen molar-refractivity contribution in [2.24, 2.45) is 0 Å². The number of anilines is 2. The van der Waals surface area contributed by atoms with E-state index in [9.17, 15) is 4.79 Å². The lowest BCUT2D eigenvalue weighted by atomic mass is 10.1. The van der Waals surface area contributed by atoms with Gasteiger partial charge in [0, 0.05) is 16.6 Å². The molecule has 2 N–H and O–H groups in total. The molecule has 6 nitrogen and oxygen atoms in total. The maximum absolute atomic E-state index is 11.0. The summed E-state index contributed by atoms with van der Waals surface area (Å²) in [5.41, 5.74) is 3.07. The van der Waals surface area contributed by atoms with Gasteiger partial charge in [-0.25, -0.2) is 14.8 Å². The molecule has 0 atom stereocenters. The van der Waals surface area contributed by atoms with E-state index in [0.29, 0.717) is 5.82 Å². The van der Waals surface area contributed by atoms with E-state index < -0.39 is 5.97 Å². The number of aromatic carboxylic acids is 1. The van der Waals surface area contributed by atoms with Gasteiger partial charge in [0.15, 0.2) is 0 Å². The Balaban J connectivity index is 1.74. The van der Waals surface area contributed by atoms with Crippen molar-refractivity contribution in [3.05, 3.63) is 65.8 Å². The molecule has 0 spiro atoms. The molecule has 27 heavy (non-hydrogen) atoms. The summed E-state index contributed by atoms with van der Waals surface area (Å²) >= 11 is 1.55. The average molecular weight is 377 g/mol. The molecule has 134 valence electrons. The second kappa shape index (κ2) is 7.05. The van der Waals surface area contributed by atoms with E-state index in [2.05, 4.69) is 20.7 Å². The molecule has 0 unspecified atom stereocenters. The van der Waals surface area contributed by atoms with Crippen LogP contribution in [0.2, 0.25) is 0 Å². The second-order valence-electron chi connectivity index (χ2n) is 5.79. The van der Waals surface area contributed by atoms with E-state index in [4.69, 9.17) is 9.84 Å². The van der Waals surface area contributed by atoms with Crippen LogP contribution in [0.5, 0.6) is 5.75 Å². The van der Waals surface area contributed by atoms with Crippen molar-refractivity contribution in [1.82, 2.24) is 9.97 Å². The molecule has 2 aromatic carbocycles. The summed E-state index contributed by atoms with van der Waals surface area (Å²) in [7, 11) is 1.64. The van der Waals surface area contributed by atoms with Crippen LogP contribution in [0.25, 0.3) is 21.3 Å². The zero-order valence-electron chi connectivity index (χ0n) is 14.3. The van der Waals surface area contributed by atoms with Gasteiger partial charge in [0.1, 0.15) is 22.7 Å². The molecule has 0 aliphatic rings. The third kappa shape index (κ3) is 3.32. The first-order valence-electron chi connectivity index (χ1n) is 8.12. The van der Waals surface area contributed by atoms with Crippen LogP contribution in [-0.2, 0) is 0 Å². The predicted molar refractivity (Wildman–Crippen MR) is 106 cm³/mol. The Labute approximate surface area is 159 Å². The van der Waals surface area contributed by atoms with Gasteiger partial charge in [-0.05, 0) is 42.0 Å². The highest BCUT2D eigenvalue weighted by Gasteiger charge is 2.13. The van der Waals surface area contributed by atoms with Crippen LogP contribution in [0.15, 0.2) is 60.2 Å². The van der Waals surface area contributed by atoms with Gasteiger partial charge in [0.25, 0.3) is 0 Å². The SMILES string of the molecule is COc1ccc(-c2csc3ncnc(Nc4ccc(C(=O)O)cc4)c23)cc1. The number of rotatable bonds is 5. The van der Waals surface area contributed by atoms with Crippen molar-refractivity contribution in [3.8, 4) is 16.9 Å². The first-order valence-corrected chi connectivity index (χ1v) is 9.00. The number of thiophene rings is 1. The van der Waals surface area contributed by atoms with Crippen LogP contribution in [0, 0.1) is 0 Å². The predicted octanol–water partition coefficient (Wildman–Crippen LogP) is 4.81. The molecule has 0 amide bonds. The molecular formula is C20H15N3O3S. The van der Waals surface area contributed by atoms with Crippen molar-refractivity contribution in [2.75, 3.05) is 12.4 Å². The molecule has 0 fully saturated rings. The molecule has 0 saturated carbocycles. The number of hydrogen-bond acceptors (Lipinski definition) is 6. The van der Waals surface area contributed by atoms with Crippen molar-refractivity contribution >= 4 is 39.0 Å². The maximum Gasteiger partial charge on any atom is 0.335 e.